The number of carbonyl (C=O) groups is 1. The van der Waals surface area contributed by atoms with Crippen molar-refractivity contribution in [2.24, 2.45) is 10.2 Å². The van der Waals surface area contributed by atoms with Crippen molar-refractivity contribution in [2.45, 2.75) is 102 Å². The average molecular weight is 591 g/mol. The number of unbranched alkanes of at least 4 members (excludes halogenated alkanes) is 12. The van der Waals surface area contributed by atoms with Crippen molar-refractivity contribution in [2.75, 3.05) is 0 Å². The van der Waals surface area contributed by atoms with Crippen LogP contribution in [0.3, 0.4) is 0 Å². The molecule has 0 heterocycles. The van der Waals surface area contributed by atoms with E-state index in [1.807, 2.05) is 24.3 Å². The first-order valence-electron chi connectivity index (χ1n) is 14.6. The Bertz CT molecular complexity index is 1340. The van der Waals surface area contributed by atoms with Crippen molar-refractivity contribution in [3.05, 3.63) is 60.7 Å². The number of esters is 1. The average Bonchev–Trinajstić information content (AvgIpc) is 2.95. The predicted molar refractivity (Wildman–Crippen MR) is 167 cm³/mol. The molecule has 9 heteroatoms. The summed E-state index contributed by atoms with van der Waals surface area (Å²) in [5.74, 6) is 0.258. The van der Waals surface area contributed by atoms with Crippen LogP contribution in [0.15, 0.2) is 75.8 Å². The molecule has 3 aromatic rings. The van der Waals surface area contributed by atoms with Crippen LogP contribution in [0.5, 0.6) is 5.75 Å². The van der Waals surface area contributed by atoms with Gasteiger partial charge < -0.3 is 4.74 Å². The van der Waals surface area contributed by atoms with Gasteiger partial charge in [-0.1, -0.05) is 108 Å². The first-order valence-corrected chi connectivity index (χ1v) is 16.0. The van der Waals surface area contributed by atoms with Gasteiger partial charge in [0.1, 0.15) is 5.75 Å². The first kappa shape index (κ1) is 35.1. The minimum absolute atomic E-state index is 0. The molecule has 0 saturated carbocycles. The zero-order valence-electron chi connectivity index (χ0n) is 23.6. The summed E-state index contributed by atoms with van der Waals surface area (Å²) >= 11 is 0. The molecule has 0 saturated heterocycles. The minimum atomic E-state index is -4.26. The van der Waals surface area contributed by atoms with Gasteiger partial charge in [-0.2, -0.15) is 13.5 Å². The molecule has 0 bridgehead atoms. The van der Waals surface area contributed by atoms with Gasteiger partial charge in [0.05, 0.1) is 16.3 Å². The second-order valence-electron chi connectivity index (χ2n) is 10.3. The van der Waals surface area contributed by atoms with E-state index in [2.05, 4.69) is 17.2 Å². The van der Waals surface area contributed by atoms with Crippen molar-refractivity contribution in [1.82, 2.24) is 0 Å². The van der Waals surface area contributed by atoms with E-state index in [0.29, 0.717) is 23.5 Å². The summed E-state index contributed by atoms with van der Waals surface area (Å²) in [7, 11) is -4.26. The zero-order chi connectivity index (χ0) is 28.6. The van der Waals surface area contributed by atoms with Gasteiger partial charge in [-0.15, -0.1) is 5.11 Å². The van der Waals surface area contributed by atoms with Crippen molar-refractivity contribution < 1.29 is 22.5 Å². The number of hydrogen-bond donors (Lipinski definition) is 1. The fraction of sp³-hybridized carbons (Fsp3) is 0.469. The maximum absolute atomic E-state index is 12.5. The van der Waals surface area contributed by atoms with Crippen LogP contribution in [0.4, 0.5) is 11.4 Å². The molecule has 7 nitrogen and oxygen atoms in total. The van der Waals surface area contributed by atoms with E-state index in [-0.39, 0.29) is 40.4 Å². The summed E-state index contributed by atoms with van der Waals surface area (Å²) in [6.07, 6.45) is 16.8. The topological polar surface area (TPSA) is 105 Å². The summed E-state index contributed by atoms with van der Waals surface area (Å²) in [6.45, 7) is 2.25. The van der Waals surface area contributed by atoms with Crippen molar-refractivity contribution >= 4 is 67.8 Å². The monoisotopic (exact) mass is 590 g/mol. The Hall–Kier alpha value is -2.10. The van der Waals surface area contributed by atoms with Gasteiger partial charge in [0.2, 0.25) is 0 Å². The summed E-state index contributed by atoms with van der Waals surface area (Å²) < 4.78 is 37.2. The number of carbonyl (C=O) groups excluding carboxylic acids is 1. The summed E-state index contributed by atoms with van der Waals surface area (Å²) in [5, 5.41) is 10.0. The van der Waals surface area contributed by atoms with Crippen LogP contribution in [0, 0.1) is 0 Å². The molecule has 3 aromatic carbocycles. The van der Waals surface area contributed by atoms with E-state index in [1.54, 1.807) is 12.1 Å². The third kappa shape index (κ3) is 12.7. The number of ether oxygens (including phenoxy) is 1. The molecule has 0 amide bonds. The first-order chi connectivity index (χ1) is 19.4. The fourth-order valence-electron chi connectivity index (χ4n) is 4.69. The Labute approximate surface area is 267 Å². The zero-order valence-corrected chi connectivity index (χ0v) is 24.4. The van der Waals surface area contributed by atoms with Crippen molar-refractivity contribution in [3.8, 4) is 5.75 Å². The van der Waals surface area contributed by atoms with Gasteiger partial charge in [0.15, 0.2) is 0 Å². The van der Waals surface area contributed by atoms with Crippen LogP contribution in [-0.4, -0.2) is 48.5 Å². The second kappa shape index (κ2) is 19.2. The fourth-order valence-corrected chi connectivity index (χ4v) is 5.17. The molecule has 0 spiro atoms. The van der Waals surface area contributed by atoms with Gasteiger partial charge in [-0.05, 0) is 42.8 Å². The third-order valence-corrected chi connectivity index (χ3v) is 7.84. The quantitative estimate of drug-likeness (QED) is 0.0397. The number of hydrogen-bond acceptors (Lipinski definition) is 6. The standard InChI is InChI=1S/C32H42N2O5S.Na.H/c1-2-3-4-5-6-7-8-9-10-11-12-13-14-19-32(35)39-31-25-24-30(28-17-15-16-18-29(28)31)34-33-26-20-22-27(23-21-26)40(36,37)38;;/h15-18,20-25H,2-14,19H2,1H3,(H,36,37,38);;. The summed E-state index contributed by atoms with van der Waals surface area (Å²) in [4.78, 5) is 12.3. The SMILES string of the molecule is CCCCCCCCCCCCCCCC(=O)Oc1ccc(N=Nc2ccc(S(=O)(=O)O)cc2)c2ccccc12.[NaH]. The van der Waals surface area contributed by atoms with E-state index in [1.165, 1.54) is 88.5 Å². The Kier molecular flexibility index (Phi) is 16.4. The van der Waals surface area contributed by atoms with Gasteiger partial charge in [0, 0.05) is 17.2 Å². The number of azo groups is 1. The van der Waals surface area contributed by atoms with Crippen LogP contribution in [0.1, 0.15) is 96.8 Å². The summed E-state index contributed by atoms with van der Waals surface area (Å²) in [6, 6.07) is 16.4. The number of fused-ring (bicyclic) bond motifs is 1. The third-order valence-electron chi connectivity index (χ3n) is 6.98. The molecule has 0 aromatic heterocycles. The molecular formula is C32H43N2NaO5S. The molecule has 41 heavy (non-hydrogen) atoms. The Morgan fingerprint density at radius 3 is 1.80 bits per heavy atom. The second-order valence-corrected chi connectivity index (χ2v) is 11.7. The summed E-state index contributed by atoms with van der Waals surface area (Å²) in [5.41, 5.74) is 1.02. The van der Waals surface area contributed by atoms with Crippen molar-refractivity contribution in [1.29, 1.82) is 0 Å². The molecule has 0 aliphatic heterocycles. The van der Waals surface area contributed by atoms with E-state index in [0.717, 1.165) is 30.0 Å². The van der Waals surface area contributed by atoms with Crippen LogP contribution in [-0.2, 0) is 14.9 Å². The van der Waals surface area contributed by atoms with E-state index in [9.17, 15) is 13.2 Å². The van der Waals surface area contributed by atoms with Crippen molar-refractivity contribution in [3.63, 3.8) is 0 Å². The van der Waals surface area contributed by atoms with Gasteiger partial charge in [-0.25, -0.2) is 0 Å². The maximum atomic E-state index is 12.5. The normalized spacial score (nSPS) is 11.6. The molecule has 1 N–H and O–H groups in total. The molecule has 0 aliphatic rings. The Balaban J connectivity index is 0.00000588. The molecule has 0 radical (unpaired) electrons. The molecule has 0 atom stereocenters. The van der Waals surface area contributed by atoms with E-state index in [4.69, 9.17) is 9.29 Å². The van der Waals surface area contributed by atoms with E-state index >= 15 is 0 Å². The van der Waals surface area contributed by atoms with Gasteiger partial charge in [0.25, 0.3) is 10.1 Å². The van der Waals surface area contributed by atoms with Crippen LogP contribution < -0.4 is 4.74 Å². The van der Waals surface area contributed by atoms with Crippen LogP contribution in [0.2, 0.25) is 0 Å². The van der Waals surface area contributed by atoms with Crippen LogP contribution in [0.25, 0.3) is 10.8 Å². The predicted octanol–water partition coefficient (Wildman–Crippen LogP) is 9.24. The molecule has 0 aliphatic carbocycles. The van der Waals surface area contributed by atoms with E-state index < -0.39 is 10.1 Å². The number of benzene rings is 3. The Morgan fingerprint density at radius 1 is 0.707 bits per heavy atom. The molecule has 218 valence electrons. The van der Waals surface area contributed by atoms with Gasteiger partial charge in [-0.3, -0.25) is 9.35 Å². The van der Waals surface area contributed by atoms with Gasteiger partial charge >= 0.3 is 35.5 Å². The molecule has 3 rings (SSSR count). The molecule has 0 unspecified atom stereocenters. The molecular weight excluding hydrogens is 547 g/mol. The number of rotatable bonds is 18. The number of nitrogens with zero attached hydrogens (tertiary/aromatic N) is 2. The molecule has 0 fully saturated rings. The Morgan fingerprint density at radius 2 is 1.24 bits per heavy atom. The van der Waals surface area contributed by atoms with Crippen LogP contribution >= 0.6 is 0 Å².